The number of alkyl halides is 3. The van der Waals surface area contributed by atoms with Crippen LogP contribution in [0.1, 0.15) is 12.6 Å². The van der Waals surface area contributed by atoms with Gasteiger partial charge in [0.25, 0.3) is 0 Å². The van der Waals surface area contributed by atoms with Gasteiger partial charge in [0.1, 0.15) is 29.5 Å². The first kappa shape index (κ1) is 18.6. The Labute approximate surface area is 153 Å². The van der Waals surface area contributed by atoms with Gasteiger partial charge in [0, 0.05) is 0 Å². The van der Waals surface area contributed by atoms with E-state index in [0.717, 1.165) is 11.4 Å². The third kappa shape index (κ3) is 5.37. The van der Waals surface area contributed by atoms with Crippen molar-refractivity contribution in [1.82, 2.24) is 15.0 Å². The Morgan fingerprint density at radius 2 is 1.48 bits per heavy atom. The van der Waals surface area contributed by atoms with Crippen molar-refractivity contribution in [2.75, 3.05) is 6.61 Å². The Balaban J connectivity index is 1.58. The van der Waals surface area contributed by atoms with Crippen LogP contribution in [0.2, 0.25) is 0 Å². The zero-order valence-corrected chi connectivity index (χ0v) is 14.3. The molecule has 0 N–H and O–H groups in total. The second-order valence-electron chi connectivity index (χ2n) is 5.39. The number of aromatic nitrogens is 3. The van der Waals surface area contributed by atoms with E-state index in [9.17, 15) is 13.2 Å². The standard InChI is InChI=1S/C18H16F3N3O3/c1-2-25-15-5-3-14(4-6-15)24-11-13(22-23-24)12-26-16-7-9-17(10-8-16)27-18(19,20)21/h3-11H,2,12H2,1H3. The Bertz CT molecular complexity index is 862. The molecule has 6 nitrogen and oxygen atoms in total. The summed E-state index contributed by atoms with van der Waals surface area (Å²) in [5.41, 5.74) is 1.38. The maximum absolute atomic E-state index is 12.1. The summed E-state index contributed by atoms with van der Waals surface area (Å²) in [6.45, 7) is 2.62. The summed E-state index contributed by atoms with van der Waals surface area (Å²) in [6.07, 6.45) is -3.02. The highest BCUT2D eigenvalue weighted by molar-refractivity contribution is 5.36. The molecule has 142 valence electrons. The lowest BCUT2D eigenvalue weighted by Crippen LogP contribution is -2.16. The van der Waals surface area contributed by atoms with Crippen molar-refractivity contribution in [1.29, 1.82) is 0 Å². The van der Waals surface area contributed by atoms with Crippen LogP contribution in [0, 0.1) is 0 Å². The summed E-state index contributed by atoms with van der Waals surface area (Å²) in [4.78, 5) is 0. The molecule has 0 amide bonds. The van der Waals surface area contributed by atoms with Gasteiger partial charge in [0.2, 0.25) is 0 Å². The Hall–Kier alpha value is -3.23. The number of rotatable bonds is 7. The van der Waals surface area contributed by atoms with E-state index in [1.807, 2.05) is 31.2 Å². The number of halogens is 3. The molecule has 9 heteroatoms. The van der Waals surface area contributed by atoms with Crippen LogP contribution in [0.3, 0.4) is 0 Å². The summed E-state index contributed by atoms with van der Waals surface area (Å²) in [6, 6.07) is 12.5. The molecule has 0 bridgehead atoms. The van der Waals surface area contributed by atoms with E-state index in [-0.39, 0.29) is 12.4 Å². The van der Waals surface area contributed by atoms with Gasteiger partial charge < -0.3 is 14.2 Å². The Kier molecular flexibility index (Phi) is 5.49. The summed E-state index contributed by atoms with van der Waals surface area (Å²) in [5, 5.41) is 8.05. The van der Waals surface area contributed by atoms with Gasteiger partial charge in [-0.15, -0.1) is 18.3 Å². The van der Waals surface area contributed by atoms with Gasteiger partial charge in [0.15, 0.2) is 0 Å². The fraction of sp³-hybridized carbons (Fsp3) is 0.222. The van der Waals surface area contributed by atoms with Crippen molar-refractivity contribution >= 4 is 0 Å². The van der Waals surface area contributed by atoms with Gasteiger partial charge in [-0.2, -0.15) is 0 Å². The number of hydrogen-bond acceptors (Lipinski definition) is 5. The molecule has 0 saturated heterocycles. The molecule has 0 radical (unpaired) electrons. The monoisotopic (exact) mass is 379 g/mol. The van der Waals surface area contributed by atoms with Crippen LogP contribution in [0.25, 0.3) is 5.69 Å². The largest absolute Gasteiger partial charge is 0.573 e. The minimum atomic E-state index is -4.72. The predicted molar refractivity (Wildman–Crippen MR) is 90.0 cm³/mol. The van der Waals surface area contributed by atoms with Crippen molar-refractivity contribution in [2.45, 2.75) is 19.9 Å². The van der Waals surface area contributed by atoms with Gasteiger partial charge in [-0.25, -0.2) is 4.68 Å². The molecule has 3 rings (SSSR count). The highest BCUT2D eigenvalue weighted by Crippen LogP contribution is 2.25. The molecule has 0 aliphatic heterocycles. The second-order valence-corrected chi connectivity index (χ2v) is 5.39. The van der Waals surface area contributed by atoms with E-state index in [1.165, 1.54) is 24.3 Å². The lowest BCUT2D eigenvalue weighted by Gasteiger charge is -2.09. The highest BCUT2D eigenvalue weighted by Gasteiger charge is 2.30. The van der Waals surface area contributed by atoms with Crippen molar-refractivity contribution in [3.8, 4) is 22.9 Å². The number of nitrogens with zero attached hydrogens (tertiary/aromatic N) is 3. The molecule has 0 fully saturated rings. The van der Waals surface area contributed by atoms with Crippen molar-refractivity contribution in [3.05, 3.63) is 60.4 Å². The second kappa shape index (κ2) is 7.98. The molecular weight excluding hydrogens is 363 g/mol. The normalized spacial score (nSPS) is 11.3. The maximum Gasteiger partial charge on any atom is 0.573 e. The number of hydrogen-bond donors (Lipinski definition) is 0. The van der Waals surface area contributed by atoms with E-state index >= 15 is 0 Å². The molecule has 0 aliphatic rings. The predicted octanol–water partition coefficient (Wildman–Crippen LogP) is 4.14. The summed E-state index contributed by atoms with van der Waals surface area (Å²) >= 11 is 0. The number of benzene rings is 2. The molecular formula is C18H16F3N3O3. The van der Waals surface area contributed by atoms with Gasteiger partial charge in [-0.05, 0) is 55.5 Å². The van der Waals surface area contributed by atoms with Gasteiger partial charge in [-0.3, -0.25) is 0 Å². The molecule has 27 heavy (non-hydrogen) atoms. The number of ether oxygens (including phenoxy) is 3. The van der Waals surface area contributed by atoms with E-state index in [1.54, 1.807) is 10.9 Å². The van der Waals surface area contributed by atoms with Crippen LogP contribution in [-0.2, 0) is 6.61 Å². The lowest BCUT2D eigenvalue weighted by atomic mass is 10.3. The molecule has 0 saturated carbocycles. The van der Waals surface area contributed by atoms with Crippen LogP contribution < -0.4 is 14.2 Å². The molecule has 2 aromatic carbocycles. The topological polar surface area (TPSA) is 58.4 Å². The average Bonchev–Trinajstić information content (AvgIpc) is 3.10. The van der Waals surface area contributed by atoms with Gasteiger partial charge >= 0.3 is 6.36 Å². The van der Waals surface area contributed by atoms with E-state index in [4.69, 9.17) is 9.47 Å². The first-order valence-corrected chi connectivity index (χ1v) is 8.06. The average molecular weight is 379 g/mol. The smallest absolute Gasteiger partial charge is 0.494 e. The molecule has 0 unspecified atom stereocenters. The molecule has 3 aromatic rings. The van der Waals surface area contributed by atoms with Crippen LogP contribution >= 0.6 is 0 Å². The minimum Gasteiger partial charge on any atom is -0.494 e. The zero-order valence-electron chi connectivity index (χ0n) is 14.3. The fourth-order valence-corrected chi connectivity index (χ4v) is 2.25. The van der Waals surface area contributed by atoms with Crippen molar-refractivity contribution in [3.63, 3.8) is 0 Å². The Morgan fingerprint density at radius 1 is 0.889 bits per heavy atom. The first-order valence-electron chi connectivity index (χ1n) is 8.06. The van der Waals surface area contributed by atoms with Gasteiger partial charge in [-0.1, -0.05) is 5.21 Å². The summed E-state index contributed by atoms with van der Waals surface area (Å²) < 4.78 is 52.7. The van der Waals surface area contributed by atoms with Crippen LogP contribution in [-0.4, -0.2) is 28.0 Å². The third-order valence-corrected chi connectivity index (χ3v) is 3.40. The van der Waals surface area contributed by atoms with Crippen molar-refractivity contribution < 1.29 is 27.4 Å². The van der Waals surface area contributed by atoms with E-state index in [2.05, 4.69) is 15.0 Å². The van der Waals surface area contributed by atoms with E-state index in [0.29, 0.717) is 18.1 Å². The van der Waals surface area contributed by atoms with Crippen LogP contribution in [0.4, 0.5) is 13.2 Å². The zero-order chi connectivity index (χ0) is 19.3. The molecule has 1 heterocycles. The molecule has 0 atom stereocenters. The van der Waals surface area contributed by atoms with Crippen LogP contribution in [0.15, 0.2) is 54.7 Å². The maximum atomic E-state index is 12.1. The van der Waals surface area contributed by atoms with Gasteiger partial charge in [0.05, 0.1) is 18.5 Å². The fourth-order valence-electron chi connectivity index (χ4n) is 2.25. The summed E-state index contributed by atoms with van der Waals surface area (Å²) in [5.74, 6) is 0.847. The lowest BCUT2D eigenvalue weighted by molar-refractivity contribution is -0.274. The van der Waals surface area contributed by atoms with Crippen LogP contribution in [0.5, 0.6) is 17.2 Å². The van der Waals surface area contributed by atoms with E-state index < -0.39 is 6.36 Å². The Morgan fingerprint density at radius 3 is 2.11 bits per heavy atom. The minimum absolute atomic E-state index is 0.122. The molecule has 1 aromatic heterocycles. The molecule has 0 aliphatic carbocycles. The third-order valence-electron chi connectivity index (χ3n) is 3.40. The highest BCUT2D eigenvalue weighted by atomic mass is 19.4. The summed E-state index contributed by atoms with van der Waals surface area (Å²) in [7, 11) is 0. The first-order chi connectivity index (χ1) is 12.9. The molecule has 0 spiro atoms. The SMILES string of the molecule is CCOc1ccc(-n2cc(COc3ccc(OC(F)(F)F)cc3)nn2)cc1. The van der Waals surface area contributed by atoms with Crippen molar-refractivity contribution in [2.24, 2.45) is 0 Å². The quantitative estimate of drug-likeness (QED) is 0.617.